The van der Waals surface area contributed by atoms with E-state index in [9.17, 15) is 4.79 Å². The summed E-state index contributed by atoms with van der Waals surface area (Å²) in [6.07, 6.45) is 0. The van der Waals surface area contributed by atoms with E-state index in [2.05, 4.69) is 4.98 Å². The molecule has 1 aromatic carbocycles. The van der Waals surface area contributed by atoms with Gasteiger partial charge in [-0.1, -0.05) is 0 Å². The predicted octanol–water partition coefficient (Wildman–Crippen LogP) is 1.77. The topological polar surface area (TPSA) is 88.3 Å². The number of aryl methyl sites for hydroxylation is 1. The van der Waals surface area contributed by atoms with Gasteiger partial charge in [0, 0.05) is 11.1 Å². The molecule has 0 aliphatic heterocycles. The number of fused-ring (bicyclic) bond motifs is 1. The van der Waals surface area contributed by atoms with Crippen molar-refractivity contribution in [2.24, 2.45) is 0 Å². The Morgan fingerprint density at radius 1 is 1.50 bits per heavy atom. The van der Waals surface area contributed by atoms with Crippen LogP contribution in [0.2, 0.25) is 0 Å². The number of H-pyrrole nitrogens is 1. The average molecular weight is 220 g/mol. The highest BCUT2D eigenvalue weighted by Crippen LogP contribution is 2.34. The summed E-state index contributed by atoms with van der Waals surface area (Å²) in [7, 11) is 1.44. The summed E-state index contributed by atoms with van der Waals surface area (Å²) in [5.41, 5.74) is 7.87. The van der Waals surface area contributed by atoms with Crippen LogP contribution in [0, 0.1) is 6.92 Å². The Labute approximate surface area is 91.8 Å². The Bertz CT molecular complexity index is 572. The Kier molecular flexibility index (Phi) is 2.23. The van der Waals surface area contributed by atoms with Crippen LogP contribution in [0.4, 0.5) is 5.69 Å². The van der Waals surface area contributed by atoms with Gasteiger partial charge in [0.25, 0.3) is 0 Å². The van der Waals surface area contributed by atoms with Crippen molar-refractivity contribution in [1.29, 1.82) is 0 Å². The van der Waals surface area contributed by atoms with Crippen LogP contribution < -0.4 is 10.5 Å². The Morgan fingerprint density at radius 2 is 2.19 bits per heavy atom. The summed E-state index contributed by atoms with van der Waals surface area (Å²) in [5, 5.41) is 9.73. The van der Waals surface area contributed by atoms with Gasteiger partial charge in [-0.05, 0) is 19.1 Å². The fourth-order valence-electron chi connectivity index (χ4n) is 1.81. The summed E-state index contributed by atoms with van der Waals surface area (Å²) >= 11 is 0. The third kappa shape index (κ3) is 1.37. The number of carboxylic acids is 1. The van der Waals surface area contributed by atoms with Crippen molar-refractivity contribution in [3.8, 4) is 5.75 Å². The molecule has 0 unspecified atom stereocenters. The van der Waals surface area contributed by atoms with Crippen LogP contribution in [-0.4, -0.2) is 23.2 Å². The molecule has 0 fully saturated rings. The lowest BCUT2D eigenvalue weighted by atomic mass is 10.1. The van der Waals surface area contributed by atoms with E-state index in [0.29, 0.717) is 22.3 Å². The van der Waals surface area contributed by atoms with Crippen molar-refractivity contribution in [2.45, 2.75) is 6.92 Å². The minimum Gasteiger partial charge on any atom is -0.495 e. The van der Waals surface area contributed by atoms with E-state index in [1.807, 2.05) is 13.0 Å². The maximum absolute atomic E-state index is 11.0. The lowest BCUT2D eigenvalue weighted by Crippen LogP contribution is -2.02. The SMILES string of the molecule is COc1c(C(=O)O)cc(N)c2[nH]c(C)cc12. The number of hydrogen-bond donors (Lipinski definition) is 3. The smallest absolute Gasteiger partial charge is 0.339 e. The number of nitrogen functional groups attached to an aromatic ring is 1. The standard InChI is InChI=1S/C11H12N2O3/c1-5-3-6-9(13-5)8(12)4-7(11(14)15)10(6)16-2/h3-4,13H,12H2,1-2H3,(H,14,15). The highest BCUT2D eigenvalue weighted by Gasteiger charge is 2.17. The summed E-state index contributed by atoms with van der Waals surface area (Å²) in [5.74, 6) is -0.717. The summed E-state index contributed by atoms with van der Waals surface area (Å²) in [6.45, 7) is 1.87. The first-order valence-corrected chi connectivity index (χ1v) is 4.73. The van der Waals surface area contributed by atoms with Crippen LogP contribution in [0.1, 0.15) is 16.1 Å². The van der Waals surface area contributed by atoms with Crippen molar-refractivity contribution >= 4 is 22.6 Å². The van der Waals surface area contributed by atoms with Crippen molar-refractivity contribution in [3.05, 3.63) is 23.4 Å². The van der Waals surface area contributed by atoms with E-state index in [1.165, 1.54) is 13.2 Å². The molecule has 2 aromatic rings. The number of aromatic carboxylic acids is 1. The molecule has 0 amide bonds. The minimum absolute atomic E-state index is 0.0755. The van der Waals surface area contributed by atoms with Gasteiger partial charge in [0.2, 0.25) is 0 Å². The fraction of sp³-hybridized carbons (Fsp3) is 0.182. The quantitative estimate of drug-likeness (QED) is 0.673. The molecule has 2 rings (SSSR count). The van der Waals surface area contributed by atoms with E-state index in [1.54, 1.807) is 0 Å². The second-order valence-electron chi connectivity index (χ2n) is 3.59. The largest absolute Gasteiger partial charge is 0.495 e. The zero-order valence-corrected chi connectivity index (χ0v) is 9.00. The van der Waals surface area contributed by atoms with Crippen LogP contribution in [0.3, 0.4) is 0 Å². The third-order valence-corrected chi connectivity index (χ3v) is 2.46. The minimum atomic E-state index is -1.05. The van der Waals surface area contributed by atoms with Gasteiger partial charge in [0.15, 0.2) is 0 Å². The molecular weight excluding hydrogens is 208 g/mol. The molecule has 0 aliphatic carbocycles. The molecule has 4 N–H and O–H groups in total. The van der Waals surface area contributed by atoms with E-state index in [4.69, 9.17) is 15.6 Å². The fourth-order valence-corrected chi connectivity index (χ4v) is 1.81. The molecule has 5 heteroatoms. The summed E-state index contributed by atoms with van der Waals surface area (Å²) < 4.78 is 5.13. The molecule has 1 heterocycles. The van der Waals surface area contributed by atoms with Gasteiger partial charge in [-0.15, -0.1) is 0 Å². The Hall–Kier alpha value is -2.17. The molecular formula is C11H12N2O3. The van der Waals surface area contributed by atoms with Crippen LogP contribution in [-0.2, 0) is 0 Å². The normalized spacial score (nSPS) is 10.6. The number of nitrogens with two attached hydrogens (primary N) is 1. The molecule has 0 saturated carbocycles. The highest BCUT2D eigenvalue weighted by atomic mass is 16.5. The first-order chi connectivity index (χ1) is 7.54. The number of hydrogen-bond acceptors (Lipinski definition) is 3. The first kappa shape index (κ1) is 10.4. The van der Waals surface area contributed by atoms with E-state index < -0.39 is 5.97 Å². The van der Waals surface area contributed by atoms with Crippen molar-refractivity contribution in [2.75, 3.05) is 12.8 Å². The van der Waals surface area contributed by atoms with Gasteiger partial charge < -0.3 is 20.6 Å². The van der Waals surface area contributed by atoms with Crippen molar-refractivity contribution in [3.63, 3.8) is 0 Å². The molecule has 0 bridgehead atoms. The molecule has 0 saturated heterocycles. The van der Waals surface area contributed by atoms with Gasteiger partial charge in [0.1, 0.15) is 11.3 Å². The van der Waals surface area contributed by atoms with E-state index >= 15 is 0 Å². The second kappa shape index (κ2) is 3.44. The van der Waals surface area contributed by atoms with E-state index in [0.717, 1.165) is 5.69 Å². The number of aromatic amines is 1. The predicted molar refractivity (Wildman–Crippen MR) is 61.0 cm³/mol. The maximum Gasteiger partial charge on any atom is 0.339 e. The highest BCUT2D eigenvalue weighted by molar-refractivity contribution is 6.04. The molecule has 0 radical (unpaired) electrons. The summed E-state index contributed by atoms with van der Waals surface area (Å²) in [4.78, 5) is 14.1. The number of carboxylic acid groups (broad SMARTS) is 1. The molecule has 0 spiro atoms. The second-order valence-corrected chi connectivity index (χ2v) is 3.59. The Balaban J connectivity index is 2.89. The first-order valence-electron chi connectivity index (χ1n) is 4.73. The van der Waals surface area contributed by atoms with Gasteiger partial charge in [-0.2, -0.15) is 0 Å². The van der Waals surface area contributed by atoms with Gasteiger partial charge in [0.05, 0.1) is 18.3 Å². The third-order valence-electron chi connectivity index (χ3n) is 2.46. The number of rotatable bonds is 2. The number of ether oxygens (including phenoxy) is 1. The molecule has 1 aromatic heterocycles. The molecule has 84 valence electrons. The van der Waals surface area contributed by atoms with Crippen LogP contribution in [0.15, 0.2) is 12.1 Å². The number of methoxy groups -OCH3 is 1. The van der Waals surface area contributed by atoms with Gasteiger partial charge in [-0.3, -0.25) is 0 Å². The molecule has 16 heavy (non-hydrogen) atoms. The van der Waals surface area contributed by atoms with Gasteiger partial charge >= 0.3 is 5.97 Å². The monoisotopic (exact) mass is 220 g/mol. The lowest BCUT2D eigenvalue weighted by Gasteiger charge is -2.08. The van der Waals surface area contributed by atoms with Crippen molar-refractivity contribution in [1.82, 2.24) is 4.98 Å². The van der Waals surface area contributed by atoms with Crippen LogP contribution in [0.25, 0.3) is 10.9 Å². The zero-order valence-electron chi connectivity index (χ0n) is 9.00. The number of benzene rings is 1. The molecule has 5 nitrogen and oxygen atoms in total. The molecule has 0 atom stereocenters. The lowest BCUT2D eigenvalue weighted by molar-refractivity contribution is 0.0693. The number of carbonyl (C=O) groups is 1. The van der Waals surface area contributed by atoms with Gasteiger partial charge in [-0.25, -0.2) is 4.79 Å². The van der Waals surface area contributed by atoms with Crippen LogP contribution >= 0.6 is 0 Å². The number of aromatic nitrogens is 1. The summed E-state index contributed by atoms with van der Waals surface area (Å²) in [6, 6.07) is 3.22. The Morgan fingerprint density at radius 3 is 2.75 bits per heavy atom. The maximum atomic E-state index is 11.0. The van der Waals surface area contributed by atoms with Crippen LogP contribution in [0.5, 0.6) is 5.75 Å². The number of nitrogens with one attached hydrogen (secondary N) is 1. The zero-order chi connectivity index (χ0) is 11.9. The van der Waals surface area contributed by atoms with Crippen molar-refractivity contribution < 1.29 is 14.6 Å². The van der Waals surface area contributed by atoms with E-state index in [-0.39, 0.29) is 5.56 Å². The average Bonchev–Trinajstić information content (AvgIpc) is 2.60. The molecule has 0 aliphatic rings. The number of anilines is 1.